The van der Waals surface area contributed by atoms with Gasteiger partial charge in [0.15, 0.2) is 11.0 Å². The standard InChI is InChI=1S/C22H26ClN3O2S/c1-3-17(4-2)26-21(14-28-20-13-9-8-12-18(20)23)24-25-22(26)29-15-19(27)16-10-6-5-7-11-16/h5-13,17,19,27H,3-4,14-15H2,1-2H3/t19-/m0/s1. The summed E-state index contributed by atoms with van der Waals surface area (Å²) in [6.07, 6.45) is 1.36. The lowest BCUT2D eigenvalue weighted by molar-refractivity contribution is 0.204. The van der Waals surface area contributed by atoms with E-state index in [-0.39, 0.29) is 12.6 Å². The molecule has 0 bridgehead atoms. The minimum Gasteiger partial charge on any atom is -0.484 e. The maximum absolute atomic E-state index is 10.5. The predicted octanol–water partition coefficient (Wildman–Crippen LogP) is 5.70. The van der Waals surface area contributed by atoms with Gasteiger partial charge >= 0.3 is 0 Å². The van der Waals surface area contributed by atoms with Gasteiger partial charge in [-0.1, -0.05) is 79.7 Å². The summed E-state index contributed by atoms with van der Waals surface area (Å²) >= 11 is 7.71. The molecule has 0 aliphatic heterocycles. The van der Waals surface area contributed by atoms with Crippen molar-refractivity contribution < 1.29 is 9.84 Å². The molecule has 1 atom stereocenters. The van der Waals surface area contributed by atoms with Gasteiger partial charge in [-0.2, -0.15) is 0 Å². The molecule has 0 saturated carbocycles. The fourth-order valence-electron chi connectivity index (χ4n) is 3.15. The number of para-hydroxylation sites is 1. The number of aliphatic hydroxyl groups excluding tert-OH is 1. The number of ether oxygens (including phenoxy) is 1. The molecule has 0 aliphatic rings. The molecule has 5 nitrogen and oxygen atoms in total. The summed E-state index contributed by atoms with van der Waals surface area (Å²) < 4.78 is 8.04. The molecule has 154 valence electrons. The molecule has 7 heteroatoms. The van der Waals surface area contributed by atoms with Gasteiger partial charge < -0.3 is 14.4 Å². The summed E-state index contributed by atoms with van der Waals surface area (Å²) in [4.78, 5) is 0. The number of halogens is 1. The molecule has 0 amide bonds. The van der Waals surface area contributed by atoms with Crippen molar-refractivity contribution in [3.05, 3.63) is 71.0 Å². The summed E-state index contributed by atoms with van der Waals surface area (Å²) in [5.41, 5.74) is 0.899. The monoisotopic (exact) mass is 431 g/mol. The lowest BCUT2D eigenvalue weighted by Crippen LogP contribution is -2.14. The second kappa shape index (κ2) is 10.7. The molecule has 3 aromatic rings. The fraction of sp³-hybridized carbons (Fsp3) is 0.364. The average Bonchev–Trinajstić information content (AvgIpc) is 3.16. The minimum absolute atomic E-state index is 0.270. The van der Waals surface area contributed by atoms with Crippen molar-refractivity contribution in [3.8, 4) is 5.75 Å². The molecule has 2 aromatic carbocycles. The zero-order valence-electron chi connectivity index (χ0n) is 16.7. The maximum atomic E-state index is 10.5. The molecular formula is C22H26ClN3O2S. The lowest BCUT2D eigenvalue weighted by Gasteiger charge is -2.20. The van der Waals surface area contributed by atoms with Crippen LogP contribution >= 0.6 is 23.4 Å². The van der Waals surface area contributed by atoms with E-state index < -0.39 is 6.10 Å². The zero-order chi connectivity index (χ0) is 20.6. The van der Waals surface area contributed by atoms with Crippen molar-refractivity contribution in [1.29, 1.82) is 0 Å². The highest BCUT2D eigenvalue weighted by Gasteiger charge is 2.20. The van der Waals surface area contributed by atoms with Crippen molar-refractivity contribution >= 4 is 23.4 Å². The zero-order valence-corrected chi connectivity index (χ0v) is 18.2. The second-order valence-electron chi connectivity index (χ2n) is 6.70. The van der Waals surface area contributed by atoms with E-state index in [0.717, 1.165) is 29.4 Å². The molecule has 3 rings (SSSR count). The van der Waals surface area contributed by atoms with Crippen LogP contribution < -0.4 is 4.74 Å². The number of rotatable bonds is 10. The molecule has 1 heterocycles. The highest BCUT2D eigenvalue weighted by molar-refractivity contribution is 7.99. The summed E-state index contributed by atoms with van der Waals surface area (Å²) in [6, 6.07) is 17.3. The largest absolute Gasteiger partial charge is 0.484 e. The fourth-order valence-corrected chi connectivity index (χ4v) is 4.34. The van der Waals surface area contributed by atoms with Gasteiger partial charge in [0.25, 0.3) is 0 Å². The van der Waals surface area contributed by atoms with Crippen LogP contribution in [0.4, 0.5) is 0 Å². The first-order valence-electron chi connectivity index (χ1n) is 9.80. The molecule has 0 unspecified atom stereocenters. The third kappa shape index (κ3) is 5.53. The van der Waals surface area contributed by atoms with E-state index >= 15 is 0 Å². The Bertz CT molecular complexity index is 900. The van der Waals surface area contributed by atoms with Crippen LogP contribution in [0.3, 0.4) is 0 Å². The number of nitrogens with zero attached hydrogens (tertiary/aromatic N) is 3. The second-order valence-corrected chi connectivity index (χ2v) is 8.09. The van der Waals surface area contributed by atoms with E-state index in [1.807, 2.05) is 48.5 Å². The molecule has 0 aliphatic carbocycles. The normalized spacial score (nSPS) is 12.3. The molecule has 1 N–H and O–H groups in total. The van der Waals surface area contributed by atoms with Crippen molar-refractivity contribution in [2.45, 2.75) is 50.6 Å². The van der Waals surface area contributed by atoms with Gasteiger partial charge in [0.2, 0.25) is 0 Å². The Morgan fingerprint density at radius 1 is 1.03 bits per heavy atom. The van der Waals surface area contributed by atoms with E-state index in [0.29, 0.717) is 16.5 Å². The van der Waals surface area contributed by atoms with Gasteiger partial charge in [-0.15, -0.1) is 10.2 Å². The Hall–Kier alpha value is -2.02. The van der Waals surface area contributed by atoms with Crippen LogP contribution in [-0.2, 0) is 6.61 Å². The van der Waals surface area contributed by atoms with Crippen molar-refractivity contribution in [2.75, 3.05) is 5.75 Å². The van der Waals surface area contributed by atoms with Crippen LogP contribution in [-0.4, -0.2) is 25.6 Å². The van der Waals surface area contributed by atoms with Crippen LogP contribution in [0.2, 0.25) is 5.02 Å². The summed E-state index contributed by atoms with van der Waals surface area (Å²) in [5, 5.41) is 20.6. The van der Waals surface area contributed by atoms with E-state index in [1.54, 1.807) is 6.07 Å². The Kier molecular flexibility index (Phi) is 7.98. The predicted molar refractivity (Wildman–Crippen MR) is 118 cm³/mol. The number of hydrogen-bond acceptors (Lipinski definition) is 5. The number of thioether (sulfide) groups is 1. The minimum atomic E-state index is -0.559. The van der Waals surface area contributed by atoms with Crippen LogP contribution in [0.5, 0.6) is 5.75 Å². The van der Waals surface area contributed by atoms with Crippen LogP contribution in [0.25, 0.3) is 0 Å². The quantitative estimate of drug-likeness (QED) is 0.417. The Labute approximate surface area is 181 Å². The van der Waals surface area contributed by atoms with E-state index in [2.05, 4.69) is 28.6 Å². The summed E-state index contributed by atoms with van der Waals surface area (Å²) in [6.45, 7) is 4.59. The molecular weight excluding hydrogens is 406 g/mol. The first kappa shape index (κ1) is 21.7. The van der Waals surface area contributed by atoms with Crippen molar-refractivity contribution in [3.63, 3.8) is 0 Å². The number of hydrogen-bond donors (Lipinski definition) is 1. The topological polar surface area (TPSA) is 60.2 Å². The third-order valence-electron chi connectivity index (χ3n) is 4.79. The number of aromatic nitrogens is 3. The first-order valence-corrected chi connectivity index (χ1v) is 11.2. The highest BCUT2D eigenvalue weighted by Crippen LogP contribution is 2.30. The average molecular weight is 432 g/mol. The van der Waals surface area contributed by atoms with Gasteiger partial charge in [-0.25, -0.2) is 0 Å². The molecule has 1 aromatic heterocycles. The molecule has 0 radical (unpaired) electrons. The van der Waals surface area contributed by atoms with Crippen molar-refractivity contribution in [2.24, 2.45) is 0 Å². The van der Waals surface area contributed by atoms with E-state index in [4.69, 9.17) is 16.3 Å². The van der Waals surface area contributed by atoms with Gasteiger partial charge in [0, 0.05) is 11.8 Å². The van der Waals surface area contributed by atoms with Gasteiger partial charge in [-0.05, 0) is 30.5 Å². The van der Waals surface area contributed by atoms with Gasteiger partial charge in [-0.3, -0.25) is 0 Å². The SMILES string of the molecule is CCC(CC)n1c(COc2ccccc2Cl)nnc1SC[C@H](O)c1ccccc1. The first-order chi connectivity index (χ1) is 14.1. The van der Waals surface area contributed by atoms with Gasteiger partial charge in [0.05, 0.1) is 11.1 Å². The van der Waals surface area contributed by atoms with E-state index in [9.17, 15) is 5.11 Å². The van der Waals surface area contributed by atoms with Crippen LogP contribution in [0, 0.1) is 0 Å². The molecule has 0 spiro atoms. The third-order valence-corrected chi connectivity index (χ3v) is 6.12. The Morgan fingerprint density at radius 3 is 2.41 bits per heavy atom. The van der Waals surface area contributed by atoms with Gasteiger partial charge in [0.1, 0.15) is 12.4 Å². The maximum Gasteiger partial charge on any atom is 0.191 e. The Morgan fingerprint density at radius 2 is 1.72 bits per heavy atom. The van der Waals surface area contributed by atoms with E-state index in [1.165, 1.54) is 11.8 Å². The van der Waals surface area contributed by atoms with Crippen LogP contribution in [0.1, 0.15) is 50.2 Å². The molecule has 0 fully saturated rings. The molecule has 0 saturated heterocycles. The number of aliphatic hydroxyl groups is 1. The highest BCUT2D eigenvalue weighted by atomic mass is 35.5. The lowest BCUT2D eigenvalue weighted by atomic mass is 10.1. The smallest absolute Gasteiger partial charge is 0.191 e. The number of benzene rings is 2. The molecule has 29 heavy (non-hydrogen) atoms. The Balaban J connectivity index is 1.75. The van der Waals surface area contributed by atoms with Crippen LogP contribution in [0.15, 0.2) is 59.8 Å². The van der Waals surface area contributed by atoms with Crippen molar-refractivity contribution in [1.82, 2.24) is 14.8 Å². The summed E-state index contributed by atoms with van der Waals surface area (Å²) in [7, 11) is 0. The summed E-state index contributed by atoms with van der Waals surface area (Å²) in [5.74, 6) is 1.89.